The van der Waals surface area contributed by atoms with Crippen molar-refractivity contribution in [2.24, 2.45) is 5.73 Å². The minimum atomic E-state index is 0.515. The highest BCUT2D eigenvalue weighted by atomic mass is 15.3. The minimum Gasteiger partial charge on any atom is -0.325 e. The van der Waals surface area contributed by atoms with Gasteiger partial charge < -0.3 is 5.73 Å². The Kier molecular flexibility index (Phi) is 3.15. The summed E-state index contributed by atoms with van der Waals surface area (Å²) in [6.07, 6.45) is 2.32. The third-order valence-electron chi connectivity index (χ3n) is 3.97. The number of nitrogens with two attached hydrogens (primary N) is 1. The zero-order valence-corrected chi connectivity index (χ0v) is 11.7. The van der Waals surface area contributed by atoms with Crippen LogP contribution in [0.2, 0.25) is 0 Å². The molecule has 1 aromatic carbocycles. The second-order valence-corrected chi connectivity index (χ2v) is 5.58. The van der Waals surface area contributed by atoms with Gasteiger partial charge in [-0.25, -0.2) is 0 Å². The van der Waals surface area contributed by atoms with Crippen LogP contribution < -0.4 is 5.73 Å². The summed E-state index contributed by atoms with van der Waals surface area (Å²) in [5.74, 6) is 0.570. The Labute approximate surface area is 114 Å². The second kappa shape index (κ2) is 4.82. The van der Waals surface area contributed by atoms with Crippen molar-refractivity contribution in [1.29, 1.82) is 0 Å². The second-order valence-electron chi connectivity index (χ2n) is 5.58. The summed E-state index contributed by atoms with van der Waals surface area (Å²) in [6, 6.07) is 8.87. The lowest BCUT2D eigenvalue weighted by atomic mass is 9.97. The first-order chi connectivity index (χ1) is 9.20. The first kappa shape index (κ1) is 12.4. The molecule has 1 aliphatic rings. The molecule has 3 rings (SSSR count). The number of hydrogen-bond acceptors (Lipinski definition) is 2. The predicted molar refractivity (Wildman–Crippen MR) is 78.0 cm³/mol. The fourth-order valence-electron chi connectivity index (χ4n) is 2.90. The van der Waals surface area contributed by atoms with Gasteiger partial charge in [-0.05, 0) is 29.9 Å². The first-order valence-corrected chi connectivity index (χ1v) is 7.09. The van der Waals surface area contributed by atoms with Crippen molar-refractivity contribution in [2.75, 3.05) is 0 Å². The predicted octanol–water partition coefficient (Wildman–Crippen LogP) is 3.08. The van der Waals surface area contributed by atoms with Gasteiger partial charge in [-0.15, -0.1) is 0 Å². The fraction of sp³-hybridized carbons (Fsp3) is 0.438. The van der Waals surface area contributed by atoms with E-state index in [0.717, 1.165) is 18.7 Å². The van der Waals surface area contributed by atoms with Crippen LogP contribution in [0.5, 0.6) is 0 Å². The molecule has 0 aliphatic carbocycles. The molecule has 0 spiro atoms. The van der Waals surface area contributed by atoms with E-state index in [0.29, 0.717) is 12.5 Å². The molecule has 0 atom stereocenters. The Balaban J connectivity index is 2.06. The van der Waals surface area contributed by atoms with Gasteiger partial charge in [0.25, 0.3) is 0 Å². The summed E-state index contributed by atoms with van der Waals surface area (Å²) in [7, 11) is 0. The van der Waals surface area contributed by atoms with Crippen LogP contribution in [0.25, 0.3) is 11.1 Å². The van der Waals surface area contributed by atoms with Crippen LogP contribution in [-0.4, -0.2) is 9.78 Å². The molecule has 0 fully saturated rings. The zero-order valence-electron chi connectivity index (χ0n) is 11.7. The van der Waals surface area contributed by atoms with Crippen molar-refractivity contribution in [3.05, 3.63) is 41.2 Å². The lowest BCUT2D eigenvalue weighted by Gasteiger charge is -2.08. The van der Waals surface area contributed by atoms with Crippen LogP contribution in [0.15, 0.2) is 24.3 Å². The Morgan fingerprint density at radius 3 is 2.63 bits per heavy atom. The minimum absolute atomic E-state index is 0.515. The quantitative estimate of drug-likeness (QED) is 0.916. The van der Waals surface area contributed by atoms with E-state index in [9.17, 15) is 0 Å². The average molecular weight is 255 g/mol. The number of aromatic nitrogens is 2. The standard InChI is InChI=1S/C16H21N3/c1-11(2)12-5-7-13(8-6-12)16-14(10-17)18-19-9-3-4-15(16)19/h5-8,11H,3-4,9-10,17H2,1-2H3. The molecule has 0 bridgehead atoms. The van der Waals surface area contributed by atoms with E-state index in [1.165, 1.54) is 28.8 Å². The van der Waals surface area contributed by atoms with E-state index in [-0.39, 0.29) is 0 Å². The van der Waals surface area contributed by atoms with Crippen LogP contribution in [0, 0.1) is 0 Å². The Morgan fingerprint density at radius 1 is 1.26 bits per heavy atom. The largest absolute Gasteiger partial charge is 0.325 e. The van der Waals surface area contributed by atoms with E-state index in [1.807, 2.05) is 0 Å². The van der Waals surface area contributed by atoms with Gasteiger partial charge in [0.2, 0.25) is 0 Å². The van der Waals surface area contributed by atoms with Crippen molar-refractivity contribution in [3.63, 3.8) is 0 Å². The van der Waals surface area contributed by atoms with Gasteiger partial charge in [-0.3, -0.25) is 4.68 Å². The highest BCUT2D eigenvalue weighted by Crippen LogP contribution is 2.32. The maximum Gasteiger partial charge on any atom is 0.0841 e. The molecule has 1 aromatic heterocycles. The van der Waals surface area contributed by atoms with E-state index < -0.39 is 0 Å². The average Bonchev–Trinajstić information content (AvgIpc) is 2.98. The zero-order chi connectivity index (χ0) is 13.4. The van der Waals surface area contributed by atoms with E-state index in [1.54, 1.807) is 0 Å². The number of nitrogens with zero attached hydrogens (tertiary/aromatic N) is 2. The summed E-state index contributed by atoms with van der Waals surface area (Å²) >= 11 is 0. The summed E-state index contributed by atoms with van der Waals surface area (Å²) in [5.41, 5.74) is 12.2. The maximum atomic E-state index is 5.85. The molecule has 3 nitrogen and oxygen atoms in total. The molecule has 0 amide bonds. The van der Waals surface area contributed by atoms with Crippen molar-refractivity contribution >= 4 is 0 Å². The van der Waals surface area contributed by atoms with Gasteiger partial charge >= 0.3 is 0 Å². The van der Waals surface area contributed by atoms with Gasteiger partial charge in [-0.1, -0.05) is 38.1 Å². The monoisotopic (exact) mass is 255 g/mol. The highest BCUT2D eigenvalue weighted by Gasteiger charge is 2.21. The van der Waals surface area contributed by atoms with Crippen LogP contribution in [-0.2, 0) is 19.5 Å². The van der Waals surface area contributed by atoms with Gasteiger partial charge in [0.1, 0.15) is 0 Å². The Bertz CT molecular complexity index is 579. The van der Waals surface area contributed by atoms with Crippen molar-refractivity contribution in [3.8, 4) is 11.1 Å². The fourth-order valence-corrected chi connectivity index (χ4v) is 2.90. The molecule has 2 aromatic rings. The van der Waals surface area contributed by atoms with Crippen molar-refractivity contribution in [2.45, 2.75) is 45.7 Å². The third-order valence-corrected chi connectivity index (χ3v) is 3.97. The van der Waals surface area contributed by atoms with Crippen LogP contribution in [0.4, 0.5) is 0 Å². The molecule has 0 saturated heterocycles. The molecule has 2 N–H and O–H groups in total. The van der Waals surface area contributed by atoms with E-state index >= 15 is 0 Å². The molecule has 1 aliphatic heterocycles. The number of hydrogen-bond donors (Lipinski definition) is 1. The number of rotatable bonds is 3. The molecule has 100 valence electrons. The van der Waals surface area contributed by atoms with Crippen LogP contribution in [0.1, 0.15) is 43.1 Å². The molecule has 19 heavy (non-hydrogen) atoms. The van der Waals surface area contributed by atoms with Gasteiger partial charge in [0.15, 0.2) is 0 Å². The Hall–Kier alpha value is -1.61. The number of benzene rings is 1. The molecular weight excluding hydrogens is 234 g/mol. The lowest BCUT2D eigenvalue weighted by Crippen LogP contribution is -2.01. The van der Waals surface area contributed by atoms with E-state index in [4.69, 9.17) is 5.73 Å². The van der Waals surface area contributed by atoms with Crippen LogP contribution in [0.3, 0.4) is 0 Å². The molecular formula is C16H21N3. The third kappa shape index (κ3) is 2.08. The van der Waals surface area contributed by atoms with E-state index in [2.05, 4.69) is 47.9 Å². The molecule has 3 heteroatoms. The summed E-state index contributed by atoms with van der Waals surface area (Å²) in [4.78, 5) is 0. The van der Waals surface area contributed by atoms with Crippen molar-refractivity contribution < 1.29 is 0 Å². The summed E-state index contributed by atoms with van der Waals surface area (Å²) in [6.45, 7) is 5.99. The summed E-state index contributed by atoms with van der Waals surface area (Å²) in [5, 5.41) is 4.63. The highest BCUT2D eigenvalue weighted by molar-refractivity contribution is 5.69. The van der Waals surface area contributed by atoms with Gasteiger partial charge in [-0.2, -0.15) is 5.10 Å². The lowest BCUT2D eigenvalue weighted by molar-refractivity contribution is 0.644. The topological polar surface area (TPSA) is 43.8 Å². The Morgan fingerprint density at radius 2 is 2.00 bits per heavy atom. The molecule has 0 unspecified atom stereocenters. The normalized spacial score (nSPS) is 14.1. The molecule has 0 radical (unpaired) electrons. The van der Waals surface area contributed by atoms with Gasteiger partial charge in [0, 0.05) is 24.3 Å². The van der Waals surface area contributed by atoms with Crippen molar-refractivity contribution in [1.82, 2.24) is 9.78 Å². The SMILES string of the molecule is CC(C)c1ccc(-c2c(CN)nn3c2CCC3)cc1. The first-order valence-electron chi connectivity index (χ1n) is 7.09. The smallest absolute Gasteiger partial charge is 0.0841 e. The summed E-state index contributed by atoms with van der Waals surface area (Å²) < 4.78 is 2.13. The number of aryl methyl sites for hydroxylation is 1. The maximum absolute atomic E-state index is 5.85. The van der Waals surface area contributed by atoms with Crippen LogP contribution >= 0.6 is 0 Å². The molecule has 0 saturated carbocycles. The number of fused-ring (bicyclic) bond motifs is 1. The van der Waals surface area contributed by atoms with Gasteiger partial charge in [0.05, 0.1) is 5.69 Å². The molecule has 2 heterocycles.